The highest BCUT2D eigenvalue weighted by molar-refractivity contribution is 6.15. The van der Waals surface area contributed by atoms with Gasteiger partial charge in [-0.1, -0.05) is 12.6 Å². The lowest BCUT2D eigenvalue weighted by atomic mass is 9.88. The zero-order chi connectivity index (χ0) is 21.1. The van der Waals surface area contributed by atoms with E-state index in [0.717, 1.165) is 5.56 Å². The van der Waals surface area contributed by atoms with Crippen molar-refractivity contribution in [3.63, 3.8) is 0 Å². The smallest absolute Gasteiger partial charge is 0.256 e. The maximum atomic E-state index is 12.7. The van der Waals surface area contributed by atoms with Gasteiger partial charge < -0.3 is 23.7 Å². The van der Waals surface area contributed by atoms with Crippen molar-refractivity contribution in [3.05, 3.63) is 48.0 Å². The third-order valence-electron chi connectivity index (χ3n) is 4.81. The van der Waals surface area contributed by atoms with Gasteiger partial charge in [0.2, 0.25) is 5.75 Å². The molecule has 1 amide bonds. The van der Waals surface area contributed by atoms with Crippen LogP contribution in [0.3, 0.4) is 0 Å². The molecule has 1 aliphatic heterocycles. The zero-order valence-corrected chi connectivity index (χ0v) is 17.3. The molecule has 0 spiro atoms. The van der Waals surface area contributed by atoms with Gasteiger partial charge in [-0.3, -0.25) is 9.69 Å². The highest BCUT2D eigenvalue weighted by Crippen LogP contribution is 2.48. The first-order chi connectivity index (χ1) is 14.0. The first-order valence-electron chi connectivity index (χ1n) is 9.13. The first-order valence-corrected chi connectivity index (χ1v) is 9.13. The molecule has 0 radical (unpaired) electrons. The molecule has 2 aromatic carbocycles. The molecule has 1 fully saturated rings. The van der Waals surface area contributed by atoms with Gasteiger partial charge in [-0.2, -0.15) is 0 Å². The Bertz CT molecular complexity index is 914. The van der Waals surface area contributed by atoms with Gasteiger partial charge in [-0.05, 0) is 24.6 Å². The van der Waals surface area contributed by atoms with Crippen molar-refractivity contribution in [1.29, 1.82) is 0 Å². The topological polar surface area (TPSA) is 66.5 Å². The second-order valence-corrected chi connectivity index (χ2v) is 6.33. The molecule has 2 aromatic rings. The number of amides is 1. The quantitative estimate of drug-likeness (QED) is 0.497. The van der Waals surface area contributed by atoms with E-state index in [2.05, 4.69) is 6.58 Å². The Balaban J connectivity index is 2.06. The molecule has 29 heavy (non-hydrogen) atoms. The summed E-state index contributed by atoms with van der Waals surface area (Å²) in [5.74, 6) is 2.48. The Morgan fingerprint density at radius 1 is 0.897 bits per heavy atom. The molecule has 0 bridgehead atoms. The third-order valence-corrected chi connectivity index (χ3v) is 4.81. The first kappa shape index (κ1) is 20.4. The summed E-state index contributed by atoms with van der Waals surface area (Å²) in [7, 11) is 6.19. The summed E-state index contributed by atoms with van der Waals surface area (Å²) >= 11 is 0. The normalized spacial score (nSPS) is 15.6. The lowest BCUT2D eigenvalue weighted by Crippen LogP contribution is -2.48. The molecular formula is C22H25NO6. The van der Waals surface area contributed by atoms with Gasteiger partial charge in [0, 0.05) is 17.7 Å². The number of nitrogens with zero attached hydrogens (tertiary/aromatic N) is 1. The fourth-order valence-electron chi connectivity index (χ4n) is 3.43. The monoisotopic (exact) mass is 399 g/mol. The summed E-state index contributed by atoms with van der Waals surface area (Å²) in [6.07, 6.45) is 0. The van der Waals surface area contributed by atoms with E-state index in [1.807, 2.05) is 25.1 Å². The summed E-state index contributed by atoms with van der Waals surface area (Å²) in [5.41, 5.74) is 1.98. The summed E-state index contributed by atoms with van der Waals surface area (Å²) < 4.78 is 27.2. The van der Waals surface area contributed by atoms with Crippen molar-refractivity contribution < 1.29 is 28.5 Å². The van der Waals surface area contributed by atoms with E-state index in [9.17, 15) is 4.79 Å². The molecule has 7 nitrogen and oxygen atoms in total. The fourth-order valence-corrected chi connectivity index (χ4v) is 3.43. The molecule has 1 saturated heterocycles. The van der Waals surface area contributed by atoms with Crippen LogP contribution in [0.5, 0.6) is 28.7 Å². The number of anilines is 1. The van der Waals surface area contributed by atoms with E-state index in [1.54, 1.807) is 24.1 Å². The Hall–Kier alpha value is -3.35. The third kappa shape index (κ3) is 3.44. The summed E-state index contributed by atoms with van der Waals surface area (Å²) in [6.45, 7) is 6.37. The number of benzene rings is 2. The number of rotatable bonds is 8. The van der Waals surface area contributed by atoms with Gasteiger partial charge in [0.05, 0.1) is 46.8 Å². The molecule has 1 unspecified atom stereocenters. The lowest BCUT2D eigenvalue weighted by Gasteiger charge is -2.42. The molecule has 1 heterocycles. The predicted molar refractivity (Wildman–Crippen MR) is 110 cm³/mol. The number of methoxy groups -OCH3 is 4. The van der Waals surface area contributed by atoms with Crippen molar-refractivity contribution in [2.24, 2.45) is 0 Å². The Morgan fingerprint density at radius 2 is 1.52 bits per heavy atom. The highest BCUT2D eigenvalue weighted by atomic mass is 16.5. The van der Waals surface area contributed by atoms with Crippen LogP contribution in [0.25, 0.3) is 0 Å². The van der Waals surface area contributed by atoms with E-state index in [-0.39, 0.29) is 11.9 Å². The largest absolute Gasteiger partial charge is 0.493 e. The lowest BCUT2D eigenvalue weighted by molar-refractivity contribution is -0.118. The Labute approximate surface area is 170 Å². The minimum absolute atomic E-state index is 0.168. The standard InChI is InChI=1S/C22H25NO6/c1-7-29-17-10-14(8-9-16(17)25-3)20-13(2)22(24)23(20)15-11-18(26-4)21(28-6)19(12-15)27-5/h8-12,20H,2,7H2,1,3-6H3. The van der Waals surface area contributed by atoms with Crippen LogP contribution in [0.4, 0.5) is 5.69 Å². The highest BCUT2D eigenvalue weighted by Gasteiger charge is 2.43. The maximum absolute atomic E-state index is 12.7. The number of ether oxygens (including phenoxy) is 5. The fraction of sp³-hybridized carbons (Fsp3) is 0.318. The summed E-state index contributed by atoms with van der Waals surface area (Å²) in [5, 5.41) is 0. The summed E-state index contributed by atoms with van der Waals surface area (Å²) in [4.78, 5) is 14.3. The number of carbonyl (C=O) groups excluding carboxylic acids is 1. The van der Waals surface area contributed by atoms with Crippen molar-refractivity contribution in [1.82, 2.24) is 0 Å². The molecule has 7 heteroatoms. The second kappa shape index (κ2) is 8.34. The van der Waals surface area contributed by atoms with Crippen LogP contribution in [-0.4, -0.2) is 41.0 Å². The molecular weight excluding hydrogens is 374 g/mol. The molecule has 154 valence electrons. The van der Waals surface area contributed by atoms with E-state index < -0.39 is 0 Å². The van der Waals surface area contributed by atoms with Crippen molar-refractivity contribution in [2.75, 3.05) is 39.9 Å². The van der Waals surface area contributed by atoms with Crippen LogP contribution in [0.1, 0.15) is 18.5 Å². The van der Waals surface area contributed by atoms with Crippen LogP contribution in [0, 0.1) is 0 Å². The number of carbonyl (C=O) groups is 1. The Kier molecular flexibility index (Phi) is 5.87. The molecule has 0 saturated carbocycles. The molecule has 1 atom stereocenters. The molecule has 0 aromatic heterocycles. The van der Waals surface area contributed by atoms with Crippen LogP contribution in [-0.2, 0) is 4.79 Å². The van der Waals surface area contributed by atoms with Gasteiger partial charge in [-0.15, -0.1) is 0 Å². The minimum atomic E-state index is -0.338. The van der Waals surface area contributed by atoms with E-state index >= 15 is 0 Å². The van der Waals surface area contributed by atoms with Crippen LogP contribution in [0.15, 0.2) is 42.5 Å². The molecule has 1 aliphatic rings. The zero-order valence-electron chi connectivity index (χ0n) is 17.3. The number of hydrogen-bond donors (Lipinski definition) is 0. The molecule has 0 N–H and O–H groups in total. The molecule has 3 rings (SSSR count). The summed E-state index contributed by atoms with van der Waals surface area (Å²) in [6, 6.07) is 8.74. The molecule has 0 aliphatic carbocycles. The second-order valence-electron chi connectivity index (χ2n) is 6.33. The number of hydrogen-bond acceptors (Lipinski definition) is 6. The SMILES string of the molecule is C=C1C(=O)N(c2cc(OC)c(OC)c(OC)c2)C1c1ccc(OC)c(OCC)c1. The predicted octanol–water partition coefficient (Wildman–Crippen LogP) is 3.76. The van der Waals surface area contributed by atoms with E-state index in [1.165, 1.54) is 21.3 Å². The van der Waals surface area contributed by atoms with Gasteiger partial charge in [-0.25, -0.2) is 0 Å². The van der Waals surface area contributed by atoms with Gasteiger partial charge in [0.25, 0.3) is 5.91 Å². The average molecular weight is 399 g/mol. The number of β-lactam (4-membered cyclic amide) rings is 1. The van der Waals surface area contributed by atoms with Crippen molar-refractivity contribution in [3.8, 4) is 28.7 Å². The van der Waals surface area contributed by atoms with Crippen LogP contribution < -0.4 is 28.6 Å². The minimum Gasteiger partial charge on any atom is -0.493 e. The van der Waals surface area contributed by atoms with E-state index in [0.29, 0.717) is 46.6 Å². The Morgan fingerprint density at radius 3 is 2.03 bits per heavy atom. The van der Waals surface area contributed by atoms with Crippen molar-refractivity contribution >= 4 is 11.6 Å². The maximum Gasteiger partial charge on any atom is 0.256 e. The van der Waals surface area contributed by atoms with E-state index in [4.69, 9.17) is 23.7 Å². The van der Waals surface area contributed by atoms with Gasteiger partial charge in [0.1, 0.15) is 0 Å². The van der Waals surface area contributed by atoms with Crippen molar-refractivity contribution in [2.45, 2.75) is 13.0 Å². The van der Waals surface area contributed by atoms with Crippen LogP contribution >= 0.6 is 0 Å². The van der Waals surface area contributed by atoms with Crippen LogP contribution in [0.2, 0.25) is 0 Å². The van der Waals surface area contributed by atoms with Gasteiger partial charge in [0.15, 0.2) is 23.0 Å². The average Bonchev–Trinajstić information content (AvgIpc) is 2.75. The van der Waals surface area contributed by atoms with Gasteiger partial charge >= 0.3 is 0 Å².